The van der Waals surface area contributed by atoms with Gasteiger partial charge in [-0.2, -0.15) is 5.26 Å². The fraction of sp³-hybridized carbons (Fsp3) is 0.364. The summed E-state index contributed by atoms with van der Waals surface area (Å²) < 4.78 is 20.1. The van der Waals surface area contributed by atoms with Crippen molar-refractivity contribution < 1.29 is 13.9 Å². The van der Waals surface area contributed by atoms with Gasteiger partial charge in [0.05, 0.1) is 43.1 Å². The van der Waals surface area contributed by atoms with Gasteiger partial charge in [0.2, 0.25) is 5.91 Å². The van der Waals surface area contributed by atoms with E-state index >= 15 is 0 Å². The topological polar surface area (TPSA) is 137 Å². The van der Waals surface area contributed by atoms with E-state index in [2.05, 4.69) is 16.0 Å². The molecule has 32 heavy (non-hydrogen) atoms. The highest BCUT2D eigenvalue weighted by Gasteiger charge is 2.27. The Labute approximate surface area is 185 Å². The Bertz CT molecular complexity index is 1040. The third-order valence-corrected chi connectivity index (χ3v) is 5.36. The van der Waals surface area contributed by atoms with Crippen molar-refractivity contribution in [3.8, 4) is 6.07 Å². The number of hydrogen-bond acceptors (Lipinski definition) is 7. The van der Waals surface area contributed by atoms with E-state index in [4.69, 9.17) is 15.6 Å². The van der Waals surface area contributed by atoms with E-state index in [0.29, 0.717) is 37.3 Å². The molecule has 168 valence electrons. The molecule has 1 aromatic carbocycles. The van der Waals surface area contributed by atoms with Crippen LogP contribution in [-0.4, -0.2) is 62.3 Å². The molecule has 0 spiro atoms. The average Bonchev–Trinajstić information content (AvgIpc) is 2.75. The second-order valence-corrected chi connectivity index (χ2v) is 7.55. The van der Waals surface area contributed by atoms with Gasteiger partial charge in [0.1, 0.15) is 11.7 Å². The molecule has 0 atom stereocenters. The number of hydrogen-bond donors (Lipinski definition) is 5. The number of amides is 1. The Morgan fingerprint density at radius 3 is 2.72 bits per heavy atom. The first-order valence-corrected chi connectivity index (χ1v) is 10.2. The fourth-order valence-corrected chi connectivity index (χ4v) is 3.55. The normalized spacial score (nSPS) is 16.7. The van der Waals surface area contributed by atoms with Crippen molar-refractivity contribution in [2.45, 2.75) is 19.4 Å². The molecule has 0 unspecified atom stereocenters. The number of anilines is 1. The summed E-state index contributed by atoms with van der Waals surface area (Å²) in [5.74, 6) is -0.805. The van der Waals surface area contributed by atoms with Gasteiger partial charge in [-0.25, -0.2) is 4.39 Å². The number of nitriles is 1. The smallest absolute Gasteiger partial charge is 0.219 e. The molecule has 0 saturated carbocycles. The van der Waals surface area contributed by atoms with E-state index in [1.807, 2.05) is 6.07 Å². The maximum absolute atomic E-state index is 14.9. The first kappa shape index (κ1) is 23.0. The van der Waals surface area contributed by atoms with Crippen LogP contribution in [0.15, 0.2) is 29.6 Å². The Morgan fingerprint density at radius 1 is 1.41 bits per heavy atom. The van der Waals surface area contributed by atoms with Gasteiger partial charge in [0.15, 0.2) is 0 Å². The molecule has 2 aliphatic heterocycles. The second kappa shape index (κ2) is 10.1. The zero-order valence-corrected chi connectivity index (χ0v) is 18.0. The van der Waals surface area contributed by atoms with Crippen LogP contribution in [0.3, 0.4) is 0 Å². The van der Waals surface area contributed by atoms with E-state index in [1.54, 1.807) is 11.9 Å². The largest absolute Gasteiger partial charge is 0.393 e. The summed E-state index contributed by atoms with van der Waals surface area (Å²) in [6, 6.07) is 4.67. The number of amidine groups is 1. The van der Waals surface area contributed by atoms with Gasteiger partial charge in [-0.05, 0) is 12.1 Å². The zero-order valence-electron chi connectivity index (χ0n) is 18.0. The molecule has 0 aliphatic carbocycles. The van der Waals surface area contributed by atoms with Crippen LogP contribution < -0.4 is 16.0 Å². The maximum atomic E-state index is 14.9. The van der Waals surface area contributed by atoms with Crippen molar-refractivity contribution >= 4 is 29.2 Å². The van der Waals surface area contributed by atoms with Gasteiger partial charge in [-0.15, -0.1) is 0 Å². The summed E-state index contributed by atoms with van der Waals surface area (Å²) in [5, 5.41) is 34.6. The lowest BCUT2D eigenvalue weighted by atomic mass is 9.99. The summed E-state index contributed by atoms with van der Waals surface area (Å²) in [7, 11) is 1.65. The van der Waals surface area contributed by atoms with Crippen molar-refractivity contribution in [2.75, 3.05) is 38.7 Å². The molecule has 2 aliphatic rings. The van der Waals surface area contributed by atoms with E-state index in [-0.39, 0.29) is 41.1 Å². The average molecular weight is 439 g/mol. The molecule has 0 radical (unpaired) electrons. The van der Waals surface area contributed by atoms with Gasteiger partial charge in [0, 0.05) is 61.8 Å². The van der Waals surface area contributed by atoms with Crippen molar-refractivity contribution in [2.24, 2.45) is 0 Å². The molecule has 10 heteroatoms. The number of nitrogens with one attached hydrogen (secondary N) is 5. The SMILES string of the molecule is CN/C=C(\C=N)c1cc(F)c(NC(=N)C2=C(NC3COC3)CCN(C(C)=O)C2)cc1C#N. The van der Waals surface area contributed by atoms with Gasteiger partial charge >= 0.3 is 0 Å². The summed E-state index contributed by atoms with van der Waals surface area (Å²) in [5.41, 5.74) is 2.16. The van der Waals surface area contributed by atoms with Crippen molar-refractivity contribution in [1.82, 2.24) is 15.5 Å². The van der Waals surface area contributed by atoms with Crippen LogP contribution in [-0.2, 0) is 9.53 Å². The summed E-state index contributed by atoms with van der Waals surface area (Å²) in [6.07, 6.45) is 3.09. The van der Waals surface area contributed by atoms with Crippen molar-refractivity contribution in [1.29, 1.82) is 16.1 Å². The Kier molecular flexibility index (Phi) is 7.22. The van der Waals surface area contributed by atoms with Crippen molar-refractivity contribution in [3.05, 3.63) is 46.5 Å². The Balaban J connectivity index is 1.91. The molecule has 1 aromatic rings. The number of halogens is 1. The van der Waals surface area contributed by atoms with E-state index in [1.165, 1.54) is 25.3 Å². The molecule has 0 bridgehead atoms. The standard InChI is InChI=1S/C22H26FN7O2/c1-13(31)30-4-3-20(28-16-11-32-12-16)18(10-30)22(26)29-21-5-14(7-24)17(6-19(21)23)15(8-25)9-27-2/h5-6,8-9,16,25,27-28H,3-4,10-12H2,1-2H3,(H2,26,29)/b15-9+,25-8?. The molecular weight excluding hydrogens is 413 g/mol. The second-order valence-electron chi connectivity index (χ2n) is 7.55. The predicted molar refractivity (Wildman–Crippen MR) is 120 cm³/mol. The summed E-state index contributed by atoms with van der Waals surface area (Å²) >= 11 is 0. The Hall–Kier alpha value is -3.71. The van der Waals surface area contributed by atoms with Gasteiger partial charge in [-0.3, -0.25) is 10.2 Å². The van der Waals surface area contributed by atoms with Crippen LogP contribution in [0.5, 0.6) is 0 Å². The highest BCUT2D eigenvalue weighted by atomic mass is 19.1. The Morgan fingerprint density at radius 2 is 2.16 bits per heavy atom. The lowest BCUT2D eigenvalue weighted by Crippen LogP contribution is -2.49. The lowest BCUT2D eigenvalue weighted by Gasteiger charge is -2.35. The van der Waals surface area contributed by atoms with Crippen LogP contribution >= 0.6 is 0 Å². The number of nitrogens with zero attached hydrogens (tertiary/aromatic N) is 2. The van der Waals surface area contributed by atoms with Crippen LogP contribution in [0.25, 0.3) is 5.57 Å². The number of allylic oxidation sites excluding steroid dienone is 1. The first-order chi connectivity index (χ1) is 15.4. The van der Waals surface area contributed by atoms with Gasteiger partial charge in [-0.1, -0.05) is 0 Å². The van der Waals surface area contributed by atoms with Crippen molar-refractivity contribution in [3.63, 3.8) is 0 Å². The van der Waals surface area contributed by atoms with Crippen LogP contribution in [0.2, 0.25) is 0 Å². The van der Waals surface area contributed by atoms with E-state index < -0.39 is 5.82 Å². The number of ether oxygens (including phenoxy) is 1. The molecule has 2 heterocycles. The van der Waals surface area contributed by atoms with E-state index in [0.717, 1.165) is 11.9 Å². The predicted octanol–water partition coefficient (Wildman–Crippen LogP) is 1.79. The van der Waals surface area contributed by atoms with E-state index in [9.17, 15) is 14.4 Å². The number of carbonyl (C=O) groups excluding carboxylic acids is 1. The number of benzene rings is 1. The molecule has 3 rings (SSSR count). The molecule has 5 N–H and O–H groups in total. The van der Waals surface area contributed by atoms with Crippen LogP contribution in [0.4, 0.5) is 10.1 Å². The minimum atomic E-state index is -0.658. The first-order valence-electron chi connectivity index (χ1n) is 10.2. The summed E-state index contributed by atoms with van der Waals surface area (Å²) in [6.45, 7) is 3.39. The molecule has 9 nitrogen and oxygen atoms in total. The molecule has 1 saturated heterocycles. The lowest BCUT2D eigenvalue weighted by molar-refractivity contribution is -0.128. The highest BCUT2D eigenvalue weighted by molar-refractivity contribution is 6.10. The number of carbonyl (C=O) groups is 1. The summed E-state index contributed by atoms with van der Waals surface area (Å²) in [4.78, 5) is 13.5. The quantitative estimate of drug-likeness (QED) is 0.324. The monoisotopic (exact) mass is 439 g/mol. The molecule has 1 amide bonds. The zero-order chi connectivity index (χ0) is 23.3. The van der Waals surface area contributed by atoms with Gasteiger partial charge in [0.25, 0.3) is 0 Å². The highest BCUT2D eigenvalue weighted by Crippen LogP contribution is 2.26. The third-order valence-electron chi connectivity index (χ3n) is 5.36. The maximum Gasteiger partial charge on any atom is 0.219 e. The minimum absolute atomic E-state index is 0.0251. The fourth-order valence-electron chi connectivity index (χ4n) is 3.55. The number of rotatable bonds is 7. The molecule has 1 fully saturated rings. The molecule has 0 aromatic heterocycles. The van der Waals surface area contributed by atoms with Crippen LogP contribution in [0, 0.1) is 28.0 Å². The third kappa shape index (κ3) is 4.95. The molecular formula is C22H26FN7O2. The minimum Gasteiger partial charge on any atom is -0.393 e. The van der Waals surface area contributed by atoms with Crippen LogP contribution in [0.1, 0.15) is 24.5 Å². The van der Waals surface area contributed by atoms with Gasteiger partial charge < -0.3 is 31.0 Å².